The van der Waals surface area contributed by atoms with E-state index in [0.717, 1.165) is 0 Å². The smallest absolute Gasteiger partial charge is 0.257 e. The van der Waals surface area contributed by atoms with E-state index in [-0.39, 0.29) is 17.9 Å². The van der Waals surface area contributed by atoms with E-state index in [0.29, 0.717) is 57.9 Å². The molecular formula is C20H19Cl3N2O3. The van der Waals surface area contributed by atoms with Crippen LogP contribution in [-0.4, -0.2) is 43.0 Å². The Morgan fingerprint density at radius 2 is 1.64 bits per heavy atom. The van der Waals surface area contributed by atoms with Gasteiger partial charge in [0.1, 0.15) is 5.75 Å². The molecule has 5 nitrogen and oxygen atoms in total. The Balaban J connectivity index is 1.61. The molecule has 28 heavy (non-hydrogen) atoms. The summed E-state index contributed by atoms with van der Waals surface area (Å²) in [5, 5.41) is 4.24. The summed E-state index contributed by atoms with van der Waals surface area (Å²) in [5.74, 6) is 0.107. The van der Waals surface area contributed by atoms with Gasteiger partial charge in [-0.05, 0) is 49.2 Å². The van der Waals surface area contributed by atoms with Gasteiger partial charge in [0.15, 0.2) is 0 Å². The van der Waals surface area contributed by atoms with Gasteiger partial charge in [-0.1, -0.05) is 34.8 Å². The number of hydrogen-bond acceptors (Lipinski definition) is 3. The molecule has 0 aliphatic carbocycles. The topological polar surface area (TPSA) is 58.6 Å². The summed E-state index contributed by atoms with van der Waals surface area (Å²) in [5.41, 5.74) is 0.818. The second-order valence-corrected chi connectivity index (χ2v) is 7.79. The van der Waals surface area contributed by atoms with Crippen molar-refractivity contribution in [1.82, 2.24) is 10.2 Å². The van der Waals surface area contributed by atoms with Gasteiger partial charge in [-0.15, -0.1) is 0 Å². The van der Waals surface area contributed by atoms with Gasteiger partial charge in [0.05, 0.1) is 23.3 Å². The van der Waals surface area contributed by atoms with Crippen molar-refractivity contribution in [3.8, 4) is 5.75 Å². The molecule has 0 aromatic heterocycles. The number of piperidine rings is 1. The molecule has 0 atom stereocenters. The molecule has 1 heterocycles. The monoisotopic (exact) mass is 440 g/mol. The van der Waals surface area contributed by atoms with E-state index in [1.54, 1.807) is 35.2 Å². The predicted octanol–water partition coefficient (Wildman–Crippen LogP) is 4.69. The van der Waals surface area contributed by atoms with Gasteiger partial charge in [0, 0.05) is 29.2 Å². The lowest BCUT2D eigenvalue weighted by molar-refractivity contribution is 0.0695. The number of carbonyl (C=O) groups excluding carboxylic acids is 2. The maximum atomic E-state index is 12.8. The van der Waals surface area contributed by atoms with Crippen LogP contribution in [0.1, 0.15) is 33.6 Å². The minimum absolute atomic E-state index is 0.0375. The molecule has 2 aromatic rings. The zero-order valence-corrected chi connectivity index (χ0v) is 17.4. The number of amides is 2. The van der Waals surface area contributed by atoms with Crippen molar-refractivity contribution >= 4 is 46.6 Å². The third-order valence-electron chi connectivity index (χ3n) is 4.69. The highest BCUT2D eigenvalue weighted by molar-refractivity contribution is 6.36. The molecule has 3 rings (SSSR count). The summed E-state index contributed by atoms with van der Waals surface area (Å²) in [6, 6.07) is 9.70. The van der Waals surface area contributed by atoms with Crippen LogP contribution in [0, 0.1) is 0 Å². The summed E-state index contributed by atoms with van der Waals surface area (Å²) in [7, 11) is 1.52. The Morgan fingerprint density at radius 1 is 1.00 bits per heavy atom. The van der Waals surface area contributed by atoms with Crippen molar-refractivity contribution in [1.29, 1.82) is 0 Å². The molecule has 0 spiro atoms. The van der Waals surface area contributed by atoms with Crippen molar-refractivity contribution in [3.05, 3.63) is 62.6 Å². The van der Waals surface area contributed by atoms with Crippen molar-refractivity contribution in [2.75, 3.05) is 20.2 Å². The predicted molar refractivity (Wildman–Crippen MR) is 111 cm³/mol. The zero-order valence-electron chi connectivity index (χ0n) is 15.2. The van der Waals surface area contributed by atoms with E-state index in [9.17, 15) is 9.59 Å². The molecule has 1 aliphatic heterocycles. The van der Waals surface area contributed by atoms with Crippen LogP contribution in [0.4, 0.5) is 0 Å². The standard InChI is InChI=1S/C20H19Cl3N2O3/c1-28-18-5-3-12(21)10-16(18)20(27)25-8-6-14(7-9-25)24-19(26)15-4-2-13(22)11-17(15)23/h2-5,10-11,14H,6-9H2,1H3,(H,24,26). The molecule has 1 aliphatic rings. The Bertz CT molecular complexity index is 896. The van der Waals surface area contributed by atoms with Crippen LogP contribution in [0.25, 0.3) is 0 Å². The molecule has 0 saturated carbocycles. The van der Waals surface area contributed by atoms with Crippen molar-refractivity contribution in [2.45, 2.75) is 18.9 Å². The third-order valence-corrected chi connectivity index (χ3v) is 5.47. The molecule has 0 bridgehead atoms. The molecule has 1 fully saturated rings. The first-order valence-corrected chi connectivity index (χ1v) is 9.91. The average molecular weight is 442 g/mol. The second kappa shape index (κ2) is 9.03. The Labute approximate surface area is 178 Å². The highest BCUT2D eigenvalue weighted by Crippen LogP contribution is 2.26. The molecule has 2 aromatic carbocycles. The molecular weight excluding hydrogens is 423 g/mol. The van der Waals surface area contributed by atoms with Gasteiger partial charge >= 0.3 is 0 Å². The number of halogens is 3. The van der Waals surface area contributed by atoms with Gasteiger partial charge in [-0.25, -0.2) is 0 Å². The number of nitrogens with one attached hydrogen (secondary N) is 1. The highest BCUT2D eigenvalue weighted by Gasteiger charge is 2.27. The first-order valence-electron chi connectivity index (χ1n) is 8.77. The largest absolute Gasteiger partial charge is 0.496 e. The Kier molecular flexibility index (Phi) is 6.70. The quantitative estimate of drug-likeness (QED) is 0.749. The van der Waals surface area contributed by atoms with E-state index >= 15 is 0 Å². The second-order valence-electron chi connectivity index (χ2n) is 6.51. The number of methoxy groups -OCH3 is 1. The summed E-state index contributed by atoms with van der Waals surface area (Å²) in [6.07, 6.45) is 1.29. The van der Waals surface area contributed by atoms with Crippen molar-refractivity contribution in [2.24, 2.45) is 0 Å². The van der Waals surface area contributed by atoms with E-state index in [2.05, 4.69) is 5.32 Å². The Hall–Kier alpha value is -1.95. The summed E-state index contributed by atoms with van der Waals surface area (Å²) >= 11 is 18.0. The molecule has 1 saturated heterocycles. The number of ether oxygens (including phenoxy) is 1. The minimum Gasteiger partial charge on any atom is -0.496 e. The molecule has 8 heteroatoms. The first-order chi connectivity index (χ1) is 13.4. The van der Waals surface area contributed by atoms with Crippen LogP contribution in [0.2, 0.25) is 15.1 Å². The molecule has 0 unspecified atom stereocenters. The van der Waals surface area contributed by atoms with E-state index in [1.165, 1.54) is 13.2 Å². The Morgan fingerprint density at radius 3 is 2.29 bits per heavy atom. The average Bonchev–Trinajstić information content (AvgIpc) is 2.68. The number of carbonyl (C=O) groups is 2. The lowest BCUT2D eigenvalue weighted by Gasteiger charge is -2.32. The van der Waals surface area contributed by atoms with E-state index in [1.807, 2.05) is 0 Å². The van der Waals surface area contributed by atoms with Crippen LogP contribution in [0.15, 0.2) is 36.4 Å². The van der Waals surface area contributed by atoms with Gasteiger partial charge < -0.3 is 15.0 Å². The van der Waals surface area contributed by atoms with Crippen LogP contribution >= 0.6 is 34.8 Å². The van der Waals surface area contributed by atoms with E-state index in [4.69, 9.17) is 39.5 Å². The maximum Gasteiger partial charge on any atom is 0.257 e. The summed E-state index contributed by atoms with van der Waals surface area (Å²) < 4.78 is 5.27. The number of nitrogens with zero attached hydrogens (tertiary/aromatic N) is 1. The number of likely N-dealkylation sites (tertiary alicyclic amines) is 1. The van der Waals surface area contributed by atoms with Crippen LogP contribution < -0.4 is 10.1 Å². The minimum atomic E-state index is -0.247. The molecule has 2 amide bonds. The third kappa shape index (κ3) is 4.72. The highest BCUT2D eigenvalue weighted by atomic mass is 35.5. The summed E-state index contributed by atoms with van der Waals surface area (Å²) in [6.45, 7) is 1.04. The van der Waals surface area contributed by atoms with E-state index < -0.39 is 0 Å². The fourth-order valence-electron chi connectivity index (χ4n) is 3.18. The molecule has 0 radical (unpaired) electrons. The maximum absolute atomic E-state index is 12.8. The number of rotatable bonds is 4. The van der Waals surface area contributed by atoms with Crippen molar-refractivity contribution < 1.29 is 14.3 Å². The first kappa shape index (κ1) is 20.8. The number of benzene rings is 2. The van der Waals surface area contributed by atoms with Crippen LogP contribution in [0.3, 0.4) is 0 Å². The lowest BCUT2D eigenvalue weighted by atomic mass is 10.0. The van der Waals surface area contributed by atoms with Crippen LogP contribution in [0.5, 0.6) is 5.75 Å². The van der Waals surface area contributed by atoms with Crippen LogP contribution in [-0.2, 0) is 0 Å². The molecule has 1 N–H and O–H groups in total. The van der Waals surface area contributed by atoms with Gasteiger partial charge in [-0.2, -0.15) is 0 Å². The van der Waals surface area contributed by atoms with Gasteiger partial charge in [-0.3, -0.25) is 9.59 Å². The fourth-order valence-corrected chi connectivity index (χ4v) is 3.85. The summed E-state index contributed by atoms with van der Waals surface area (Å²) in [4.78, 5) is 27.0. The number of hydrogen-bond donors (Lipinski definition) is 1. The lowest BCUT2D eigenvalue weighted by Crippen LogP contribution is -2.46. The normalized spacial score (nSPS) is 14.6. The fraction of sp³-hybridized carbons (Fsp3) is 0.300. The molecule has 148 valence electrons. The van der Waals surface area contributed by atoms with Gasteiger partial charge in [0.25, 0.3) is 11.8 Å². The SMILES string of the molecule is COc1ccc(Cl)cc1C(=O)N1CCC(NC(=O)c2ccc(Cl)cc2Cl)CC1. The van der Waals surface area contributed by atoms with Crippen molar-refractivity contribution in [3.63, 3.8) is 0 Å². The van der Waals surface area contributed by atoms with Gasteiger partial charge in [0.2, 0.25) is 0 Å². The zero-order chi connectivity index (χ0) is 20.3.